The van der Waals surface area contributed by atoms with Gasteiger partial charge in [-0.2, -0.15) is 13.2 Å². The number of hydrogen-bond donors (Lipinski definition) is 0. The number of aromatic nitrogens is 1. The number of methoxy groups -OCH3 is 1. The highest BCUT2D eigenvalue weighted by Crippen LogP contribution is 2.52. The molecule has 3 atom stereocenters. The van der Waals surface area contributed by atoms with E-state index in [-0.39, 0.29) is 36.0 Å². The molecular weight excluding hydrogens is 387 g/mol. The van der Waals surface area contributed by atoms with Crippen molar-refractivity contribution in [2.45, 2.75) is 51.6 Å². The maximum Gasteiger partial charge on any atom is 0.433 e. The van der Waals surface area contributed by atoms with Crippen LogP contribution in [0.25, 0.3) is 0 Å². The van der Waals surface area contributed by atoms with Crippen LogP contribution >= 0.6 is 0 Å². The Labute approximate surface area is 167 Å². The van der Waals surface area contributed by atoms with Crippen molar-refractivity contribution in [1.29, 1.82) is 0 Å². The molecule has 0 aromatic carbocycles. The summed E-state index contributed by atoms with van der Waals surface area (Å²) in [6.07, 6.45) is -2.04. The summed E-state index contributed by atoms with van der Waals surface area (Å²) in [4.78, 5) is 42.8. The summed E-state index contributed by atoms with van der Waals surface area (Å²) in [6, 6.07) is 1.78. The smallest absolute Gasteiger partial charge is 0.385 e. The van der Waals surface area contributed by atoms with Crippen LogP contribution in [-0.2, 0) is 26.9 Å². The zero-order chi connectivity index (χ0) is 21.4. The molecule has 0 N–H and O–H groups in total. The van der Waals surface area contributed by atoms with E-state index in [0.717, 1.165) is 12.1 Å². The van der Waals surface area contributed by atoms with Crippen LogP contribution in [0.5, 0.6) is 0 Å². The SMILES string of the molecule is CCC12CCC(C1)C(=O)C(C(=O)c1ccc(C(F)(F)F)nc1CCCOC)C2=O. The number of alkyl halides is 3. The Morgan fingerprint density at radius 2 is 2.03 bits per heavy atom. The maximum atomic E-state index is 13.2. The first-order valence-corrected chi connectivity index (χ1v) is 9.83. The van der Waals surface area contributed by atoms with Gasteiger partial charge in [0, 0.05) is 30.6 Å². The van der Waals surface area contributed by atoms with Crippen molar-refractivity contribution in [3.63, 3.8) is 0 Å². The monoisotopic (exact) mass is 411 g/mol. The minimum Gasteiger partial charge on any atom is -0.385 e. The summed E-state index contributed by atoms with van der Waals surface area (Å²) >= 11 is 0. The molecule has 2 aliphatic carbocycles. The van der Waals surface area contributed by atoms with Crippen LogP contribution < -0.4 is 0 Å². The largest absolute Gasteiger partial charge is 0.433 e. The predicted octanol–water partition coefficient (Wildman–Crippen LogP) is 3.83. The number of fused-ring (bicyclic) bond motifs is 2. The maximum absolute atomic E-state index is 13.2. The van der Waals surface area contributed by atoms with E-state index in [4.69, 9.17) is 4.74 Å². The molecule has 2 fully saturated rings. The second kappa shape index (κ2) is 7.97. The third-order valence-corrected chi connectivity index (χ3v) is 6.31. The van der Waals surface area contributed by atoms with Crippen LogP contribution in [0.3, 0.4) is 0 Å². The Bertz CT molecular complexity index is 836. The first-order valence-electron chi connectivity index (χ1n) is 9.83. The number of Topliss-reactive ketones (excluding diaryl/α,β-unsaturated/α-hetero) is 3. The molecule has 2 aliphatic rings. The summed E-state index contributed by atoms with van der Waals surface area (Å²) in [5.41, 5.74) is -1.90. The highest BCUT2D eigenvalue weighted by atomic mass is 19.4. The van der Waals surface area contributed by atoms with E-state index in [1.165, 1.54) is 7.11 Å². The summed E-state index contributed by atoms with van der Waals surface area (Å²) in [5, 5.41) is 0. The zero-order valence-corrected chi connectivity index (χ0v) is 16.5. The number of aryl methyl sites for hydroxylation is 1. The Morgan fingerprint density at radius 3 is 2.66 bits per heavy atom. The van der Waals surface area contributed by atoms with Crippen molar-refractivity contribution in [2.24, 2.45) is 17.3 Å². The van der Waals surface area contributed by atoms with Gasteiger partial charge in [0.1, 0.15) is 11.6 Å². The summed E-state index contributed by atoms with van der Waals surface area (Å²) < 4.78 is 44.2. The molecule has 5 nitrogen and oxygen atoms in total. The Hall–Kier alpha value is -2.09. The molecule has 0 amide bonds. The van der Waals surface area contributed by atoms with Gasteiger partial charge in [-0.05, 0) is 50.7 Å². The lowest BCUT2D eigenvalue weighted by molar-refractivity contribution is -0.143. The summed E-state index contributed by atoms with van der Waals surface area (Å²) in [6.45, 7) is 2.15. The lowest BCUT2D eigenvalue weighted by Crippen LogP contribution is -2.47. The number of rotatable bonds is 7. The van der Waals surface area contributed by atoms with Crippen molar-refractivity contribution in [2.75, 3.05) is 13.7 Å². The average molecular weight is 411 g/mol. The van der Waals surface area contributed by atoms with Gasteiger partial charge in [-0.15, -0.1) is 0 Å². The Morgan fingerprint density at radius 1 is 1.31 bits per heavy atom. The molecule has 0 aliphatic heterocycles. The van der Waals surface area contributed by atoms with E-state index in [1.807, 2.05) is 6.92 Å². The summed E-state index contributed by atoms with van der Waals surface area (Å²) in [7, 11) is 1.46. The third kappa shape index (κ3) is 3.86. The fourth-order valence-corrected chi connectivity index (χ4v) is 4.62. The third-order valence-electron chi connectivity index (χ3n) is 6.31. The van der Waals surface area contributed by atoms with Crippen molar-refractivity contribution in [3.05, 3.63) is 29.1 Å². The normalized spacial score (nSPS) is 26.8. The van der Waals surface area contributed by atoms with E-state index in [2.05, 4.69) is 4.98 Å². The van der Waals surface area contributed by atoms with Gasteiger partial charge in [-0.25, -0.2) is 4.98 Å². The number of nitrogens with zero attached hydrogens (tertiary/aromatic N) is 1. The van der Waals surface area contributed by atoms with Gasteiger partial charge in [0.15, 0.2) is 17.3 Å². The van der Waals surface area contributed by atoms with Crippen LogP contribution in [0, 0.1) is 17.3 Å². The molecule has 0 spiro atoms. The minimum absolute atomic E-state index is 0.0501. The van der Waals surface area contributed by atoms with E-state index >= 15 is 0 Å². The van der Waals surface area contributed by atoms with Gasteiger partial charge in [-0.3, -0.25) is 14.4 Å². The lowest BCUT2D eigenvalue weighted by Gasteiger charge is -2.34. The van der Waals surface area contributed by atoms with Crippen molar-refractivity contribution < 1.29 is 32.3 Å². The number of halogens is 3. The summed E-state index contributed by atoms with van der Waals surface area (Å²) in [5.74, 6) is -3.27. The van der Waals surface area contributed by atoms with Crippen molar-refractivity contribution in [3.8, 4) is 0 Å². The number of carbonyl (C=O) groups excluding carboxylic acids is 3. The molecule has 3 rings (SSSR count). The molecule has 8 heteroatoms. The zero-order valence-electron chi connectivity index (χ0n) is 16.5. The van der Waals surface area contributed by atoms with Crippen molar-refractivity contribution >= 4 is 17.3 Å². The molecule has 0 radical (unpaired) electrons. The van der Waals surface area contributed by atoms with Crippen molar-refractivity contribution in [1.82, 2.24) is 4.98 Å². The predicted molar refractivity (Wildman–Crippen MR) is 97.3 cm³/mol. The molecule has 158 valence electrons. The molecule has 29 heavy (non-hydrogen) atoms. The second-order valence-corrected chi connectivity index (χ2v) is 7.92. The first kappa shape index (κ1) is 21.6. The molecule has 1 heterocycles. The highest BCUT2D eigenvalue weighted by Gasteiger charge is 2.57. The molecule has 2 saturated carbocycles. The fraction of sp³-hybridized carbons (Fsp3) is 0.619. The van der Waals surface area contributed by atoms with E-state index in [1.54, 1.807) is 0 Å². The standard InChI is InChI=1S/C21H24F3NO4/c1-3-20-9-8-12(11-20)17(26)16(19(20)28)18(27)13-6-7-15(21(22,23)24)25-14(13)5-4-10-29-2/h6-7,12,16H,3-5,8-11H2,1-2H3. The van der Waals surface area contributed by atoms with Crippen LogP contribution in [-0.4, -0.2) is 36.1 Å². The van der Waals surface area contributed by atoms with Gasteiger partial charge in [0.05, 0.1) is 5.69 Å². The lowest BCUT2D eigenvalue weighted by atomic mass is 9.66. The highest BCUT2D eigenvalue weighted by molar-refractivity contribution is 6.27. The molecular formula is C21H24F3NO4. The van der Waals surface area contributed by atoms with E-state index in [9.17, 15) is 27.6 Å². The molecule has 1 aromatic rings. The Balaban J connectivity index is 1.99. The fourth-order valence-electron chi connectivity index (χ4n) is 4.62. The number of hydrogen-bond acceptors (Lipinski definition) is 5. The van der Waals surface area contributed by atoms with E-state index in [0.29, 0.717) is 32.1 Å². The van der Waals surface area contributed by atoms with Gasteiger partial charge in [0.25, 0.3) is 0 Å². The van der Waals surface area contributed by atoms with E-state index < -0.39 is 34.8 Å². The topological polar surface area (TPSA) is 73.3 Å². The second-order valence-electron chi connectivity index (χ2n) is 7.92. The quantitative estimate of drug-likeness (QED) is 0.387. The number of pyridine rings is 1. The molecule has 3 unspecified atom stereocenters. The number of ketones is 3. The molecule has 2 bridgehead atoms. The molecule has 0 saturated heterocycles. The minimum atomic E-state index is -4.65. The Kier molecular flexibility index (Phi) is 5.94. The van der Waals surface area contributed by atoms with Crippen LogP contribution in [0.4, 0.5) is 13.2 Å². The van der Waals surface area contributed by atoms with Gasteiger partial charge >= 0.3 is 6.18 Å². The van der Waals surface area contributed by atoms with Crippen LogP contribution in [0.15, 0.2) is 12.1 Å². The van der Waals surface area contributed by atoms with Gasteiger partial charge in [-0.1, -0.05) is 6.92 Å². The van der Waals surface area contributed by atoms with Crippen LogP contribution in [0.2, 0.25) is 0 Å². The van der Waals surface area contributed by atoms with Crippen LogP contribution in [0.1, 0.15) is 60.8 Å². The number of ether oxygens (including phenoxy) is 1. The first-order chi connectivity index (χ1) is 13.6. The average Bonchev–Trinajstić information content (AvgIpc) is 3.09. The molecule has 1 aromatic heterocycles. The van der Waals surface area contributed by atoms with Gasteiger partial charge < -0.3 is 4.74 Å². The number of carbonyl (C=O) groups is 3. The van der Waals surface area contributed by atoms with Gasteiger partial charge in [0.2, 0.25) is 0 Å².